The van der Waals surface area contributed by atoms with E-state index < -0.39 is 0 Å². The molecule has 20 heavy (non-hydrogen) atoms. The summed E-state index contributed by atoms with van der Waals surface area (Å²) in [7, 11) is 1.75. The predicted molar refractivity (Wildman–Crippen MR) is 75.4 cm³/mol. The first-order chi connectivity index (χ1) is 9.66. The Morgan fingerprint density at radius 2 is 2.30 bits per heavy atom. The van der Waals surface area contributed by atoms with E-state index in [0.29, 0.717) is 13.1 Å². The van der Waals surface area contributed by atoms with E-state index in [1.165, 1.54) is 0 Å². The lowest BCUT2D eigenvalue weighted by atomic mass is 10.2. The van der Waals surface area contributed by atoms with Crippen LogP contribution in [0.1, 0.15) is 24.8 Å². The van der Waals surface area contributed by atoms with Gasteiger partial charge >= 0.3 is 0 Å². The number of rotatable bonds is 4. The Hall–Kier alpha value is -1.91. The number of likely N-dealkylation sites (N-methyl/N-ethyl adjacent to an activating group) is 1. The van der Waals surface area contributed by atoms with Crippen LogP contribution in [0.4, 0.5) is 0 Å². The molecule has 0 spiro atoms. The maximum absolute atomic E-state index is 12.2. The number of aromatic nitrogens is 1. The van der Waals surface area contributed by atoms with Gasteiger partial charge in [-0.3, -0.25) is 14.6 Å². The third-order valence-corrected chi connectivity index (χ3v) is 3.41. The standard InChI is InChI=1S/C15H20N3O2/c1-17(11-13-6-5-8-16-10-13)15(20)12-18-9-4-2-3-7-14(18)19/h5-8,10H,2-4,9,11-12H2,1H3. The molecule has 1 saturated heterocycles. The van der Waals surface area contributed by atoms with Crippen LogP contribution in [0.5, 0.6) is 0 Å². The molecule has 1 aliphatic rings. The molecule has 2 rings (SSSR count). The monoisotopic (exact) mass is 274 g/mol. The molecular formula is C15H20N3O2. The van der Waals surface area contributed by atoms with Gasteiger partial charge in [0.25, 0.3) is 0 Å². The normalized spacial score (nSPS) is 15.8. The van der Waals surface area contributed by atoms with Crippen molar-refractivity contribution in [3.05, 3.63) is 36.5 Å². The molecule has 1 fully saturated rings. The van der Waals surface area contributed by atoms with Gasteiger partial charge in [0, 0.05) is 39.0 Å². The Bertz CT molecular complexity index is 461. The first-order valence-electron chi connectivity index (χ1n) is 6.92. The van der Waals surface area contributed by atoms with Gasteiger partial charge in [-0.15, -0.1) is 0 Å². The van der Waals surface area contributed by atoms with E-state index in [2.05, 4.69) is 4.98 Å². The van der Waals surface area contributed by atoms with Gasteiger partial charge in [-0.2, -0.15) is 0 Å². The second-order valence-corrected chi connectivity index (χ2v) is 5.07. The van der Waals surface area contributed by atoms with E-state index in [-0.39, 0.29) is 18.4 Å². The van der Waals surface area contributed by atoms with Crippen molar-refractivity contribution in [3.63, 3.8) is 0 Å². The van der Waals surface area contributed by atoms with Gasteiger partial charge in [0.2, 0.25) is 11.8 Å². The molecule has 0 saturated carbocycles. The number of amides is 2. The number of nitrogens with zero attached hydrogens (tertiary/aromatic N) is 3. The van der Waals surface area contributed by atoms with Gasteiger partial charge < -0.3 is 9.80 Å². The van der Waals surface area contributed by atoms with Crippen molar-refractivity contribution in [2.75, 3.05) is 20.1 Å². The zero-order chi connectivity index (χ0) is 14.4. The zero-order valence-electron chi connectivity index (χ0n) is 11.8. The third kappa shape index (κ3) is 4.05. The molecule has 1 radical (unpaired) electrons. The molecule has 1 aliphatic heterocycles. The number of hydrogen-bond donors (Lipinski definition) is 0. The van der Waals surface area contributed by atoms with Crippen molar-refractivity contribution >= 4 is 11.8 Å². The zero-order valence-corrected chi connectivity index (χ0v) is 11.8. The minimum Gasteiger partial charge on any atom is -0.340 e. The van der Waals surface area contributed by atoms with Gasteiger partial charge in [-0.05, 0) is 24.5 Å². The first kappa shape index (κ1) is 14.5. The summed E-state index contributed by atoms with van der Waals surface area (Å²) < 4.78 is 0. The molecule has 0 bridgehead atoms. The molecule has 2 heterocycles. The molecule has 5 heteroatoms. The number of pyridine rings is 1. The summed E-state index contributed by atoms with van der Waals surface area (Å²) in [5.41, 5.74) is 0.983. The number of carbonyl (C=O) groups is 2. The predicted octanol–water partition coefficient (Wildman–Crippen LogP) is 1.26. The third-order valence-electron chi connectivity index (χ3n) is 3.41. The van der Waals surface area contributed by atoms with E-state index in [0.717, 1.165) is 24.8 Å². The van der Waals surface area contributed by atoms with Crippen molar-refractivity contribution in [1.82, 2.24) is 14.8 Å². The summed E-state index contributed by atoms with van der Waals surface area (Å²) in [6, 6.07) is 3.78. The van der Waals surface area contributed by atoms with Crippen molar-refractivity contribution < 1.29 is 9.59 Å². The van der Waals surface area contributed by atoms with Crippen LogP contribution in [0.25, 0.3) is 0 Å². The molecule has 0 aromatic carbocycles. The van der Waals surface area contributed by atoms with Gasteiger partial charge in [0.05, 0.1) is 6.54 Å². The van der Waals surface area contributed by atoms with Gasteiger partial charge in [-0.25, -0.2) is 0 Å². The highest BCUT2D eigenvalue weighted by atomic mass is 16.2. The quantitative estimate of drug-likeness (QED) is 0.830. The summed E-state index contributed by atoms with van der Waals surface area (Å²) >= 11 is 0. The highest BCUT2D eigenvalue weighted by molar-refractivity contribution is 5.89. The highest BCUT2D eigenvalue weighted by Crippen LogP contribution is 2.10. The van der Waals surface area contributed by atoms with Crippen molar-refractivity contribution in [1.29, 1.82) is 0 Å². The molecule has 2 amide bonds. The molecule has 0 atom stereocenters. The van der Waals surface area contributed by atoms with Crippen LogP contribution in [-0.2, 0) is 16.1 Å². The minimum absolute atomic E-state index is 0.0226. The van der Waals surface area contributed by atoms with E-state index in [9.17, 15) is 9.59 Å². The van der Waals surface area contributed by atoms with Gasteiger partial charge in [-0.1, -0.05) is 12.5 Å². The number of carbonyl (C=O) groups excluding carboxylic acids is 2. The summed E-state index contributed by atoms with van der Waals surface area (Å²) in [5.74, 6) is -0.0665. The molecule has 5 nitrogen and oxygen atoms in total. The number of likely N-dealkylation sites (tertiary alicyclic amines) is 1. The second-order valence-electron chi connectivity index (χ2n) is 5.07. The van der Waals surface area contributed by atoms with Crippen LogP contribution in [0.15, 0.2) is 24.5 Å². The topological polar surface area (TPSA) is 53.5 Å². The molecule has 0 unspecified atom stereocenters. The van der Waals surface area contributed by atoms with E-state index in [4.69, 9.17) is 0 Å². The van der Waals surface area contributed by atoms with Crippen molar-refractivity contribution in [2.24, 2.45) is 0 Å². The summed E-state index contributed by atoms with van der Waals surface area (Å²) in [5, 5.41) is 0. The fraction of sp³-hybridized carbons (Fsp3) is 0.467. The summed E-state index contributed by atoms with van der Waals surface area (Å²) in [6.07, 6.45) is 7.92. The second kappa shape index (κ2) is 7.03. The summed E-state index contributed by atoms with van der Waals surface area (Å²) in [6.45, 7) is 1.34. The molecule has 107 valence electrons. The smallest absolute Gasteiger partial charge is 0.242 e. The maximum atomic E-state index is 12.2. The van der Waals surface area contributed by atoms with Crippen LogP contribution in [-0.4, -0.2) is 46.7 Å². The van der Waals surface area contributed by atoms with Crippen molar-refractivity contribution in [2.45, 2.75) is 25.8 Å². The molecule has 1 aromatic heterocycles. The average molecular weight is 274 g/mol. The number of hydrogen-bond acceptors (Lipinski definition) is 3. The maximum Gasteiger partial charge on any atom is 0.242 e. The van der Waals surface area contributed by atoms with Gasteiger partial charge in [0.1, 0.15) is 0 Å². The fourth-order valence-electron chi connectivity index (χ4n) is 2.21. The van der Waals surface area contributed by atoms with Crippen LogP contribution in [0.2, 0.25) is 0 Å². The van der Waals surface area contributed by atoms with E-state index in [1.807, 2.05) is 12.1 Å². The minimum atomic E-state index is -0.0440. The van der Waals surface area contributed by atoms with E-state index >= 15 is 0 Å². The van der Waals surface area contributed by atoms with Crippen LogP contribution >= 0.6 is 0 Å². The van der Waals surface area contributed by atoms with Crippen molar-refractivity contribution in [3.8, 4) is 0 Å². The summed E-state index contributed by atoms with van der Waals surface area (Å²) in [4.78, 5) is 31.3. The SMILES string of the molecule is CN(Cc1cccnc1)C(=O)CN1CCCC[CH]C1=O. The van der Waals surface area contributed by atoms with Gasteiger partial charge in [0.15, 0.2) is 0 Å². The first-order valence-corrected chi connectivity index (χ1v) is 6.92. The Labute approximate surface area is 119 Å². The molecule has 0 aliphatic carbocycles. The Balaban J connectivity index is 1.88. The largest absolute Gasteiger partial charge is 0.340 e. The highest BCUT2D eigenvalue weighted by Gasteiger charge is 2.21. The molecule has 1 aromatic rings. The van der Waals surface area contributed by atoms with E-state index in [1.54, 1.807) is 35.7 Å². The average Bonchev–Trinajstić information content (AvgIpc) is 2.65. The lowest BCUT2D eigenvalue weighted by Gasteiger charge is -2.24. The van der Waals surface area contributed by atoms with Crippen LogP contribution in [0, 0.1) is 6.42 Å². The fourth-order valence-corrected chi connectivity index (χ4v) is 2.21. The molecular weight excluding hydrogens is 254 g/mol. The Morgan fingerprint density at radius 3 is 3.05 bits per heavy atom. The van der Waals surface area contributed by atoms with Crippen LogP contribution < -0.4 is 0 Å². The Morgan fingerprint density at radius 1 is 1.45 bits per heavy atom. The lowest BCUT2D eigenvalue weighted by molar-refractivity contribution is -0.138. The van der Waals surface area contributed by atoms with Crippen LogP contribution in [0.3, 0.4) is 0 Å². The lowest BCUT2D eigenvalue weighted by Crippen LogP contribution is -2.41. The Kier molecular flexibility index (Phi) is 5.09. The molecule has 0 N–H and O–H groups in total.